The molecule has 0 saturated carbocycles. The second kappa shape index (κ2) is 9.99. The Labute approximate surface area is 191 Å². The molecule has 0 aliphatic rings. The molecule has 3 aromatic rings. The SMILES string of the molecule is CCOC(=O)c1cccc(-n2c(C)cc(/C=C(/C#N)C(=O)Nc3cccc(Cl)c3)c2C)c1. The van der Waals surface area contributed by atoms with Gasteiger partial charge < -0.3 is 14.6 Å². The summed E-state index contributed by atoms with van der Waals surface area (Å²) in [6, 6.07) is 17.7. The maximum atomic E-state index is 12.6. The summed E-state index contributed by atoms with van der Waals surface area (Å²) < 4.78 is 7.04. The molecule has 0 saturated heterocycles. The van der Waals surface area contributed by atoms with Crippen molar-refractivity contribution in [3.63, 3.8) is 0 Å². The van der Waals surface area contributed by atoms with Crippen molar-refractivity contribution < 1.29 is 14.3 Å². The van der Waals surface area contributed by atoms with Gasteiger partial charge >= 0.3 is 5.97 Å². The van der Waals surface area contributed by atoms with Crippen LogP contribution in [0.1, 0.15) is 34.2 Å². The average Bonchev–Trinajstić information content (AvgIpc) is 3.05. The van der Waals surface area contributed by atoms with Crippen molar-refractivity contribution in [2.75, 3.05) is 11.9 Å². The largest absolute Gasteiger partial charge is 0.462 e. The van der Waals surface area contributed by atoms with Crippen LogP contribution < -0.4 is 5.32 Å². The van der Waals surface area contributed by atoms with E-state index in [-0.39, 0.29) is 11.5 Å². The molecule has 6 nitrogen and oxygen atoms in total. The van der Waals surface area contributed by atoms with Gasteiger partial charge in [-0.25, -0.2) is 4.79 Å². The molecule has 0 atom stereocenters. The first kappa shape index (κ1) is 22.9. The van der Waals surface area contributed by atoms with Gasteiger partial charge in [0.15, 0.2) is 0 Å². The lowest BCUT2D eigenvalue weighted by molar-refractivity contribution is -0.112. The fourth-order valence-corrected chi connectivity index (χ4v) is 3.58. The molecule has 0 radical (unpaired) electrons. The summed E-state index contributed by atoms with van der Waals surface area (Å²) in [6.45, 7) is 5.86. The van der Waals surface area contributed by atoms with Gasteiger partial charge in [-0.3, -0.25) is 4.79 Å². The van der Waals surface area contributed by atoms with Crippen molar-refractivity contribution in [1.82, 2.24) is 4.57 Å². The maximum Gasteiger partial charge on any atom is 0.338 e. The van der Waals surface area contributed by atoms with Crippen molar-refractivity contribution in [2.45, 2.75) is 20.8 Å². The number of carbonyl (C=O) groups excluding carboxylic acids is 2. The molecule has 0 fully saturated rings. The number of halogens is 1. The molecule has 1 aromatic heterocycles. The highest BCUT2D eigenvalue weighted by Crippen LogP contribution is 2.24. The summed E-state index contributed by atoms with van der Waals surface area (Å²) in [6.07, 6.45) is 1.55. The predicted octanol–water partition coefficient (Wildman–Crippen LogP) is 5.47. The second-order valence-electron chi connectivity index (χ2n) is 7.07. The van der Waals surface area contributed by atoms with Crippen LogP contribution in [0.25, 0.3) is 11.8 Å². The van der Waals surface area contributed by atoms with Gasteiger partial charge in [-0.05, 0) is 74.9 Å². The summed E-state index contributed by atoms with van der Waals surface area (Å²) in [5.74, 6) is -0.912. The molecule has 162 valence electrons. The van der Waals surface area contributed by atoms with Crippen molar-refractivity contribution in [2.24, 2.45) is 0 Å². The monoisotopic (exact) mass is 447 g/mol. The zero-order chi connectivity index (χ0) is 23.3. The molecule has 0 bridgehead atoms. The van der Waals surface area contributed by atoms with Crippen LogP contribution in [0.15, 0.2) is 60.2 Å². The number of hydrogen-bond donors (Lipinski definition) is 1. The number of aromatic nitrogens is 1. The molecular weight excluding hydrogens is 426 g/mol. The van der Waals surface area contributed by atoms with E-state index in [0.717, 1.165) is 22.6 Å². The molecule has 7 heteroatoms. The van der Waals surface area contributed by atoms with E-state index in [1.54, 1.807) is 55.5 Å². The van der Waals surface area contributed by atoms with Gasteiger partial charge in [-0.15, -0.1) is 0 Å². The van der Waals surface area contributed by atoms with E-state index in [0.29, 0.717) is 22.9 Å². The van der Waals surface area contributed by atoms with Gasteiger partial charge in [-0.1, -0.05) is 23.7 Å². The minimum atomic E-state index is -0.524. The Bertz CT molecular complexity index is 1250. The highest BCUT2D eigenvalue weighted by molar-refractivity contribution is 6.31. The lowest BCUT2D eigenvalue weighted by Crippen LogP contribution is -2.13. The van der Waals surface area contributed by atoms with Crippen LogP contribution in [0.3, 0.4) is 0 Å². The quantitative estimate of drug-likeness (QED) is 0.308. The van der Waals surface area contributed by atoms with Crippen LogP contribution in [0.5, 0.6) is 0 Å². The Morgan fingerprint density at radius 2 is 1.91 bits per heavy atom. The number of carbonyl (C=O) groups is 2. The molecule has 0 spiro atoms. The number of aryl methyl sites for hydroxylation is 1. The van der Waals surface area contributed by atoms with E-state index in [4.69, 9.17) is 16.3 Å². The number of hydrogen-bond acceptors (Lipinski definition) is 4. The summed E-state index contributed by atoms with van der Waals surface area (Å²) in [4.78, 5) is 24.7. The number of amides is 1. The highest BCUT2D eigenvalue weighted by Gasteiger charge is 2.15. The lowest BCUT2D eigenvalue weighted by Gasteiger charge is -2.11. The van der Waals surface area contributed by atoms with Crippen LogP contribution >= 0.6 is 11.6 Å². The van der Waals surface area contributed by atoms with Crippen LogP contribution in [0.4, 0.5) is 5.69 Å². The van der Waals surface area contributed by atoms with E-state index in [2.05, 4.69) is 5.32 Å². The normalized spacial score (nSPS) is 11.0. The minimum absolute atomic E-state index is 0.0366. The molecule has 32 heavy (non-hydrogen) atoms. The number of anilines is 1. The van der Waals surface area contributed by atoms with Gasteiger partial charge in [0.05, 0.1) is 12.2 Å². The topological polar surface area (TPSA) is 84.1 Å². The molecule has 0 aliphatic heterocycles. The standard InChI is InChI=1S/C25H22ClN3O3/c1-4-32-25(31)18-7-5-10-23(13-18)29-16(2)11-19(17(29)3)12-20(15-27)24(30)28-22-9-6-8-21(26)14-22/h5-14H,4H2,1-3H3,(H,28,30)/b20-12-. The number of nitriles is 1. The maximum absolute atomic E-state index is 12.6. The fraction of sp³-hybridized carbons (Fsp3) is 0.160. The fourth-order valence-electron chi connectivity index (χ4n) is 3.39. The first-order valence-electron chi connectivity index (χ1n) is 9.99. The van der Waals surface area contributed by atoms with Crippen molar-refractivity contribution in [3.05, 3.63) is 87.7 Å². The Balaban J connectivity index is 1.93. The number of rotatable bonds is 6. The van der Waals surface area contributed by atoms with E-state index < -0.39 is 5.91 Å². The van der Waals surface area contributed by atoms with E-state index in [1.165, 1.54) is 0 Å². The van der Waals surface area contributed by atoms with Gasteiger partial charge in [0.25, 0.3) is 5.91 Å². The third-order valence-corrected chi connectivity index (χ3v) is 5.07. The van der Waals surface area contributed by atoms with E-state index in [9.17, 15) is 14.9 Å². The van der Waals surface area contributed by atoms with E-state index >= 15 is 0 Å². The Morgan fingerprint density at radius 3 is 2.59 bits per heavy atom. The first-order valence-corrected chi connectivity index (χ1v) is 10.4. The zero-order valence-electron chi connectivity index (χ0n) is 18.0. The molecule has 0 unspecified atom stereocenters. The third-order valence-electron chi connectivity index (χ3n) is 4.83. The molecule has 2 aromatic carbocycles. The lowest BCUT2D eigenvalue weighted by atomic mass is 10.1. The number of nitrogens with zero attached hydrogens (tertiary/aromatic N) is 2. The predicted molar refractivity (Wildman–Crippen MR) is 125 cm³/mol. The molecule has 1 N–H and O–H groups in total. The van der Waals surface area contributed by atoms with Crippen LogP contribution in [-0.2, 0) is 9.53 Å². The van der Waals surface area contributed by atoms with Crippen LogP contribution in [0, 0.1) is 25.2 Å². The molecule has 0 aliphatic carbocycles. The molecular formula is C25H22ClN3O3. The summed E-state index contributed by atoms with van der Waals surface area (Å²) >= 11 is 5.96. The van der Waals surface area contributed by atoms with Gasteiger partial charge in [0.1, 0.15) is 11.6 Å². The van der Waals surface area contributed by atoms with Crippen LogP contribution in [-0.4, -0.2) is 23.1 Å². The average molecular weight is 448 g/mol. The Kier molecular flexibility index (Phi) is 7.14. The van der Waals surface area contributed by atoms with Crippen molar-refractivity contribution in [1.29, 1.82) is 5.26 Å². The second-order valence-corrected chi connectivity index (χ2v) is 7.50. The molecule has 3 rings (SSSR count). The highest BCUT2D eigenvalue weighted by atomic mass is 35.5. The van der Waals surface area contributed by atoms with Gasteiger partial charge in [0.2, 0.25) is 0 Å². The summed E-state index contributed by atoms with van der Waals surface area (Å²) in [5.41, 5.74) is 4.14. The number of nitrogens with one attached hydrogen (secondary N) is 1. The van der Waals surface area contributed by atoms with Crippen molar-refractivity contribution in [3.8, 4) is 11.8 Å². The van der Waals surface area contributed by atoms with E-state index in [1.807, 2.05) is 36.6 Å². The minimum Gasteiger partial charge on any atom is -0.462 e. The molecule has 1 amide bonds. The Hall–Kier alpha value is -3.82. The van der Waals surface area contributed by atoms with Gasteiger partial charge in [-0.2, -0.15) is 5.26 Å². The number of esters is 1. The van der Waals surface area contributed by atoms with Crippen molar-refractivity contribution >= 4 is 35.2 Å². The van der Waals surface area contributed by atoms with Gasteiger partial charge in [0, 0.05) is 27.8 Å². The number of ether oxygens (including phenoxy) is 1. The van der Waals surface area contributed by atoms with Crippen LogP contribution in [0.2, 0.25) is 5.02 Å². The Morgan fingerprint density at radius 1 is 1.16 bits per heavy atom. The smallest absolute Gasteiger partial charge is 0.338 e. The third kappa shape index (κ3) is 5.08. The summed E-state index contributed by atoms with van der Waals surface area (Å²) in [5, 5.41) is 12.7. The zero-order valence-corrected chi connectivity index (χ0v) is 18.7. The number of benzene rings is 2. The molecule has 1 heterocycles. The first-order chi connectivity index (χ1) is 15.3. The summed E-state index contributed by atoms with van der Waals surface area (Å²) in [7, 11) is 0.